The number of anilines is 1. The lowest BCUT2D eigenvalue weighted by Gasteiger charge is -2.40. The van der Waals surface area contributed by atoms with Crippen LogP contribution in [0.2, 0.25) is 0 Å². The van der Waals surface area contributed by atoms with Gasteiger partial charge >= 0.3 is 0 Å². The summed E-state index contributed by atoms with van der Waals surface area (Å²) in [6, 6.07) is 2.20. The Hall–Kier alpha value is -2.52. The molecule has 0 bridgehead atoms. The summed E-state index contributed by atoms with van der Waals surface area (Å²) in [5, 5.41) is 3.05. The van der Waals surface area contributed by atoms with E-state index in [1.54, 1.807) is 31.3 Å². The maximum absolute atomic E-state index is 13.8. The van der Waals surface area contributed by atoms with Gasteiger partial charge in [-0.25, -0.2) is 4.98 Å². The van der Waals surface area contributed by atoms with Gasteiger partial charge in [0.25, 0.3) is 0 Å². The fourth-order valence-corrected chi connectivity index (χ4v) is 4.98. The molecule has 0 fully saturated rings. The number of hydrogen-bond donors (Lipinski definition) is 2. The molecule has 0 spiro atoms. The number of hydrogen-bond acceptors (Lipinski definition) is 7. The lowest BCUT2D eigenvalue weighted by molar-refractivity contribution is -0.144. The molecule has 0 radical (unpaired) electrons. The van der Waals surface area contributed by atoms with Crippen molar-refractivity contribution in [3.8, 4) is 0 Å². The van der Waals surface area contributed by atoms with Gasteiger partial charge in [-0.15, -0.1) is 0 Å². The molecule has 1 rings (SSSR count). The molecule has 37 heavy (non-hydrogen) atoms. The smallest absolute Gasteiger partial charge is 0.245 e. The number of nitrogens with zero attached hydrogens (tertiary/aromatic N) is 3. The first-order valence-electron chi connectivity index (χ1n) is 13.2. The second-order valence-electron chi connectivity index (χ2n) is 10.9. The third kappa shape index (κ3) is 9.38. The SMILES string of the molecule is CC[C@H](C)[C@@H]([C@@H](CC(C)=O)OC)N(C)C(=O)[C@@H](NC(=O)[C@H](C(C)C)N(C)Cc1ccnc(N)c1)C(C)C. The Balaban J connectivity index is 3.18. The summed E-state index contributed by atoms with van der Waals surface area (Å²) in [6.45, 7) is 14.0. The number of pyridine rings is 1. The quantitative estimate of drug-likeness (QED) is 0.365. The normalized spacial score (nSPS) is 15.8. The highest BCUT2D eigenvalue weighted by atomic mass is 16.5. The summed E-state index contributed by atoms with van der Waals surface area (Å²) in [5.74, 6) is 0.0190. The van der Waals surface area contributed by atoms with Gasteiger partial charge in [0.1, 0.15) is 17.6 Å². The van der Waals surface area contributed by atoms with E-state index in [4.69, 9.17) is 10.5 Å². The molecule has 0 saturated heterocycles. The molecule has 9 heteroatoms. The summed E-state index contributed by atoms with van der Waals surface area (Å²) in [6.07, 6.45) is 2.27. The van der Waals surface area contributed by atoms with Crippen LogP contribution in [-0.4, -0.2) is 77.8 Å². The van der Waals surface area contributed by atoms with Crippen molar-refractivity contribution in [1.82, 2.24) is 20.1 Å². The molecule has 0 aliphatic rings. The van der Waals surface area contributed by atoms with Crippen LogP contribution in [0.5, 0.6) is 0 Å². The van der Waals surface area contributed by atoms with Crippen LogP contribution in [0.25, 0.3) is 0 Å². The molecule has 9 nitrogen and oxygen atoms in total. The zero-order valence-electron chi connectivity index (χ0n) is 24.4. The summed E-state index contributed by atoms with van der Waals surface area (Å²) >= 11 is 0. The van der Waals surface area contributed by atoms with Gasteiger partial charge in [0.05, 0.1) is 18.2 Å². The van der Waals surface area contributed by atoms with E-state index in [0.717, 1.165) is 12.0 Å². The molecule has 5 atom stereocenters. The lowest BCUT2D eigenvalue weighted by atomic mass is 9.89. The van der Waals surface area contributed by atoms with Gasteiger partial charge in [0, 0.05) is 33.3 Å². The van der Waals surface area contributed by atoms with E-state index in [2.05, 4.69) is 24.1 Å². The second-order valence-corrected chi connectivity index (χ2v) is 10.9. The Morgan fingerprint density at radius 1 is 1.11 bits per heavy atom. The van der Waals surface area contributed by atoms with Gasteiger partial charge in [0.15, 0.2) is 0 Å². The van der Waals surface area contributed by atoms with E-state index < -0.39 is 18.2 Å². The highest BCUT2D eigenvalue weighted by molar-refractivity contribution is 5.90. The number of Topliss-reactive ketones (excluding diaryl/α,β-unsaturated/α-hetero) is 1. The second kappa shape index (κ2) is 15.0. The van der Waals surface area contributed by atoms with Gasteiger partial charge in [-0.3, -0.25) is 19.3 Å². The van der Waals surface area contributed by atoms with Gasteiger partial charge in [0.2, 0.25) is 11.8 Å². The topological polar surface area (TPSA) is 118 Å². The van der Waals surface area contributed by atoms with Crippen LogP contribution in [0.4, 0.5) is 5.82 Å². The van der Waals surface area contributed by atoms with E-state index >= 15 is 0 Å². The average molecular weight is 520 g/mol. The van der Waals surface area contributed by atoms with Crippen molar-refractivity contribution in [2.24, 2.45) is 17.8 Å². The minimum absolute atomic E-state index is 0.00567. The zero-order valence-corrected chi connectivity index (χ0v) is 24.4. The summed E-state index contributed by atoms with van der Waals surface area (Å²) in [7, 11) is 5.21. The molecule has 3 N–H and O–H groups in total. The van der Waals surface area contributed by atoms with Gasteiger partial charge in [-0.2, -0.15) is 0 Å². The van der Waals surface area contributed by atoms with Gasteiger partial charge in [-0.1, -0.05) is 48.0 Å². The summed E-state index contributed by atoms with van der Waals surface area (Å²) in [4.78, 5) is 47.0. The number of nitrogen functional groups attached to an aromatic ring is 1. The number of amides is 2. The van der Waals surface area contributed by atoms with Crippen molar-refractivity contribution in [2.45, 2.75) is 92.1 Å². The molecule has 0 aliphatic heterocycles. The van der Waals surface area contributed by atoms with Gasteiger partial charge in [-0.05, 0) is 49.4 Å². The first kappa shape index (κ1) is 32.5. The van der Waals surface area contributed by atoms with Crippen molar-refractivity contribution in [2.75, 3.05) is 26.9 Å². The molecule has 0 saturated carbocycles. The Morgan fingerprint density at radius 3 is 2.19 bits per heavy atom. The standard InChI is InChI=1S/C28H49N5O4/c1-11-19(6)26(22(37-10)14-20(7)34)33(9)28(36)24(17(2)3)31-27(35)25(18(4)5)32(8)16-21-12-13-30-23(29)15-21/h12-13,15,17-19,22,24-26H,11,14,16H2,1-10H3,(H2,29,30)(H,31,35)/t19-,22+,24-,25-,26-/m0/s1. The number of likely N-dealkylation sites (N-methyl/N-ethyl adjacent to an activating group) is 2. The van der Waals surface area contributed by atoms with E-state index in [-0.39, 0.29) is 47.8 Å². The number of carbonyl (C=O) groups is 3. The third-order valence-corrected chi connectivity index (χ3v) is 7.08. The van der Waals surface area contributed by atoms with Crippen molar-refractivity contribution < 1.29 is 19.1 Å². The van der Waals surface area contributed by atoms with Crippen LogP contribution >= 0.6 is 0 Å². The van der Waals surface area contributed by atoms with Crippen LogP contribution in [0.3, 0.4) is 0 Å². The van der Waals surface area contributed by atoms with Crippen LogP contribution in [-0.2, 0) is 25.7 Å². The predicted molar refractivity (Wildman–Crippen MR) is 148 cm³/mol. The molecule has 2 amide bonds. The number of methoxy groups -OCH3 is 1. The van der Waals surface area contributed by atoms with Crippen LogP contribution in [0.1, 0.15) is 66.9 Å². The first-order valence-corrected chi connectivity index (χ1v) is 13.2. The number of rotatable bonds is 15. The molecular weight excluding hydrogens is 470 g/mol. The molecule has 1 heterocycles. The minimum Gasteiger partial charge on any atom is -0.384 e. The first-order chi connectivity index (χ1) is 17.2. The molecule has 0 aliphatic carbocycles. The number of aromatic nitrogens is 1. The maximum atomic E-state index is 13.8. The van der Waals surface area contributed by atoms with Crippen molar-refractivity contribution in [1.29, 1.82) is 0 Å². The summed E-state index contributed by atoms with van der Waals surface area (Å²) in [5.41, 5.74) is 6.78. The number of nitrogens with one attached hydrogen (secondary N) is 1. The number of nitrogens with two attached hydrogens (primary N) is 1. The molecule has 210 valence electrons. The maximum Gasteiger partial charge on any atom is 0.245 e. The third-order valence-electron chi connectivity index (χ3n) is 7.08. The monoisotopic (exact) mass is 519 g/mol. The molecular formula is C28H49N5O4. The Labute approximate surface area is 223 Å². The Bertz CT molecular complexity index is 891. The van der Waals surface area contributed by atoms with E-state index in [1.807, 2.05) is 45.7 Å². The van der Waals surface area contributed by atoms with Crippen molar-refractivity contribution in [3.63, 3.8) is 0 Å². The van der Waals surface area contributed by atoms with E-state index in [1.165, 1.54) is 6.92 Å². The molecule has 0 aromatic carbocycles. The molecule has 1 aromatic rings. The zero-order chi connectivity index (χ0) is 28.4. The van der Waals surface area contributed by atoms with E-state index in [9.17, 15) is 14.4 Å². The molecule has 0 unspecified atom stereocenters. The van der Waals surface area contributed by atoms with Crippen LogP contribution in [0, 0.1) is 17.8 Å². The predicted octanol–water partition coefficient (Wildman–Crippen LogP) is 3.13. The average Bonchev–Trinajstić information content (AvgIpc) is 2.80. The number of ether oxygens (including phenoxy) is 1. The highest BCUT2D eigenvalue weighted by Crippen LogP contribution is 2.24. The van der Waals surface area contributed by atoms with Crippen LogP contribution < -0.4 is 11.1 Å². The van der Waals surface area contributed by atoms with Crippen LogP contribution in [0.15, 0.2) is 18.3 Å². The van der Waals surface area contributed by atoms with Crippen molar-refractivity contribution in [3.05, 3.63) is 23.9 Å². The number of carbonyl (C=O) groups excluding carboxylic acids is 3. The molecule has 1 aromatic heterocycles. The fourth-order valence-electron chi connectivity index (χ4n) is 4.98. The Morgan fingerprint density at radius 2 is 1.73 bits per heavy atom. The Kier molecular flexibility index (Phi) is 13.2. The fraction of sp³-hybridized carbons (Fsp3) is 0.714. The minimum atomic E-state index is -0.717. The van der Waals surface area contributed by atoms with Crippen molar-refractivity contribution >= 4 is 23.4 Å². The highest BCUT2D eigenvalue weighted by Gasteiger charge is 2.38. The largest absolute Gasteiger partial charge is 0.384 e. The lowest BCUT2D eigenvalue weighted by Crippen LogP contribution is -2.59. The van der Waals surface area contributed by atoms with Gasteiger partial charge < -0.3 is 20.7 Å². The number of ketones is 1. The van der Waals surface area contributed by atoms with E-state index in [0.29, 0.717) is 12.4 Å². The summed E-state index contributed by atoms with van der Waals surface area (Å²) < 4.78 is 5.68.